The van der Waals surface area contributed by atoms with E-state index in [1.807, 2.05) is 12.1 Å². The van der Waals surface area contributed by atoms with E-state index in [4.69, 9.17) is 4.74 Å². The van der Waals surface area contributed by atoms with Gasteiger partial charge in [-0.3, -0.25) is 4.79 Å². The van der Waals surface area contributed by atoms with Crippen molar-refractivity contribution in [3.8, 4) is 5.75 Å². The van der Waals surface area contributed by atoms with E-state index < -0.39 is 5.82 Å². The van der Waals surface area contributed by atoms with Crippen molar-refractivity contribution in [2.75, 3.05) is 6.61 Å². The van der Waals surface area contributed by atoms with Gasteiger partial charge in [-0.05, 0) is 42.7 Å². The molecule has 3 rings (SSSR count). The van der Waals surface area contributed by atoms with Crippen LogP contribution in [-0.2, 0) is 6.42 Å². The first-order valence-electron chi connectivity index (χ1n) is 6.40. The van der Waals surface area contributed by atoms with Crippen molar-refractivity contribution >= 4 is 21.7 Å². The van der Waals surface area contributed by atoms with E-state index in [1.165, 1.54) is 12.1 Å². The lowest BCUT2D eigenvalue weighted by atomic mass is 9.97. The SMILES string of the molecule is O=C(c1cc(F)cc(Br)c1)c1cccc2c1OCCC2. The van der Waals surface area contributed by atoms with Crippen molar-refractivity contribution < 1.29 is 13.9 Å². The van der Waals surface area contributed by atoms with Gasteiger partial charge in [-0.2, -0.15) is 0 Å². The first-order valence-corrected chi connectivity index (χ1v) is 7.20. The molecule has 0 radical (unpaired) electrons. The van der Waals surface area contributed by atoms with Gasteiger partial charge in [-0.15, -0.1) is 0 Å². The van der Waals surface area contributed by atoms with Crippen LogP contribution in [0.1, 0.15) is 27.9 Å². The van der Waals surface area contributed by atoms with Gasteiger partial charge in [0.15, 0.2) is 5.78 Å². The second kappa shape index (κ2) is 5.37. The molecule has 1 aliphatic rings. The number of rotatable bonds is 2. The lowest BCUT2D eigenvalue weighted by molar-refractivity contribution is 0.103. The number of hydrogen-bond acceptors (Lipinski definition) is 2. The van der Waals surface area contributed by atoms with E-state index in [9.17, 15) is 9.18 Å². The molecule has 0 atom stereocenters. The van der Waals surface area contributed by atoms with Crippen molar-refractivity contribution in [3.63, 3.8) is 0 Å². The molecule has 0 bridgehead atoms. The third-order valence-electron chi connectivity index (χ3n) is 3.30. The Bertz CT molecular complexity index is 662. The van der Waals surface area contributed by atoms with Gasteiger partial charge in [0.2, 0.25) is 0 Å². The Labute approximate surface area is 124 Å². The highest BCUT2D eigenvalue weighted by Gasteiger charge is 2.20. The smallest absolute Gasteiger partial charge is 0.196 e. The molecule has 4 heteroatoms. The highest BCUT2D eigenvalue weighted by atomic mass is 79.9. The normalized spacial score (nSPS) is 13.5. The number of ether oxygens (including phenoxy) is 1. The monoisotopic (exact) mass is 334 g/mol. The van der Waals surface area contributed by atoms with Crippen molar-refractivity contribution in [2.24, 2.45) is 0 Å². The third-order valence-corrected chi connectivity index (χ3v) is 3.76. The van der Waals surface area contributed by atoms with Gasteiger partial charge in [-0.1, -0.05) is 28.1 Å². The van der Waals surface area contributed by atoms with Gasteiger partial charge < -0.3 is 4.74 Å². The predicted molar refractivity (Wildman–Crippen MR) is 77.8 cm³/mol. The summed E-state index contributed by atoms with van der Waals surface area (Å²) in [6, 6.07) is 9.73. The third kappa shape index (κ3) is 2.48. The Morgan fingerprint density at radius 3 is 2.90 bits per heavy atom. The number of ketones is 1. The molecule has 2 aromatic carbocycles. The molecular weight excluding hydrogens is 323 g/mol. The number of carbonyl (C=O) groups excluding carboxylic acids is 1. The molecule has 0 saturated carbocycles. The zero-order valence-electron chi connectivity index (χ0n) is 10.7. The van der Waals surface area contributed by atoms with Crippen LogP contribution < -0.4 is 4.74 Å². The molecule has 0 aromatic heterocycles. The minimum Gasteiger partial charge on any atom is -0.493 e. The fourth-order valence-electron chi connectivity index (χ4n) is 2.41. The van der Waals surface area contributed by atoms with Crippen LogP contribution >= 0.6 is 15.9 Å². The van der Waals surface area contributed by atoms with E-state index in [-0.39, 0.29) is 5.78 Å². The average Bonchev–Trinajstić information content (AvgIpc) is 2.45. The molecule has 1 heterocycles. The topological polar surface area (TPSA) is 26.3 Å². The Morgan fingerprint density at radius 1 is 1.25 bits per heavy atom. The van der Waals surface area contributed by atoms with Crippen molar-refractivity contribution in [3.05, 3.63) is 63.4 Å². The molecule has 20 heavy (non-hydrogen) atoms. The Balaban J connectivity index is 2.06. The summed E-state index contributed by atoms with van der Waals surface area (Å²) in [6.07, 6.45) is 1.86. The lowest BCUT2D eigenvalue weighted by Gasteiger charge is -2.19. The van der Waals surface area contributed by atoms with Crippen LogP contribution in [0.15, 0.2) is 40.9 Å². The largest absolute Gasteiger partial charge is 0.493 e. The van der Waals surface area contributed by atoms with Crippen LogP contribution in [0.25, 0.3) is 0 Å². The molecule has 2 nitrogen and oxygen atoms in total. The number of carbonyl (C=O) groups is 1. The molecule has 0 aliphatic carbocycles. The van der Waals surface area contributed by atoms with Gasteiger partial charge in [-0.25, -0.2) is 4.39 Å². The minimum absolute atomic E-state index is 0.219. The number of hydrogen-bond donors (Lipinski definition) is 0. The summed E-state index contributed by atoms with van der Waals surface area (Å²) < 4.78 is 19.6. The number of para-hydroxylation sites is 1. The number of halogens is 2. The lowest BCUT2D eigenvalue weighted by Crippen LogP contribution is -2.13. The summed E-state index contributed by atoms with van der Waals surface area (Å²) in [5.41, 5.74) is 1.86. The zero-order chi connectivity index (χ0) is 14.1. The van der Waals surface area contributed by atoms with Gasteiger partial charge >= 0.3 is 0 Å². The van der Waals surface area contributed by atoms with E-state index in [0.29, 0.717) is 28.0 Å². The molecular formula is C16H12BrFO2. The maximum Gasteiger partial charge on any atom is 0.196 e. The van der Waals surface area contributed by atoms with E-state index in [2.05, 4.69) is 15.9 Å². The van der Waals surface area contributed by atoms with Crippen LogP contribution in [0.4, 0.5) is 4.39 Å². The van der Waals surface area contributed by atoms with E-state index in [0.717, 1.165) is 18.4 Å². The second-order valence-corrected chi connectivity index (χ2v) is 5.65. The fourth-order valence-corrected chi connectivity index (χ4v) is 2.87. The van der Waals surface area contributed by atoms with Crippen molar-refractivity contribution in [1.82, 2.24) is 0 Å². The van der Waals surface area contributed by atoms with Crippen molar-refractivity contribution in [1.29, 1.82) is 0 Å². The molecule has 0 spiro atoms. The molecule has 0 fully saturated rings. The van der Waals surface area contributed by atoms with Crippen LogP contribution in [0.3, 0.4) is 0 Å². The van der Waals surface area contributed by atoms with Crippen LogP contribution in [0.2, 0.25) is 0 Å². The zero-order valence-corrected chi connectivity index (χ0v) is 12.2. The molecule has 102 valence electrons. The van der Waals surface area contributed by atoms with E-state index >= 15 is 0 Å². The highest BCUT2D eigenvalue weighted by molar-refractivity contribution is 9.10. The van der Waals surface area contributed by atoms with Crippen LogP contribution in [0.5, 0.6) is 5.75 Å². The predicted octanol–water partition coefficient (Wildman–Crippen LogP) is 4.14. The summed E-state index contributed by atoms with van der Waals surface area (Å²) in [7, 11) is 0. The molecule has 0 N–H and O–H groups in total. The Hall–Kier alpha value is -1.68. The number of aryl methyl sites for hydroxylation is 1. The van der Waals surface area contributed by atoms with Crippen molar-refractivity contribution in [2.45, 2.75) is 12.8 Å². The quantitative estimate of drug-likeness (QED) is 0.771. The fraction of sp³-hybridized carbons (Fsp3) is 0.188. The molecule has 0 saturated heterocycles. The number of fused-ring (bicyclic) bond motifs is 1. The summed E-state index contributed by atoms with van der Waals surface area (Å²) in [6.45, 7) is 0.615. The summed E-state index contributed by atoms with van der Waals surface area (Å²) in [5, 5.41) is 0. The Morgan fingerprint density at radius 2 is 2.10 bits per heavy atom. The second-order valence-electron chi connectivity index (χ2n) is 4.73. The molecule has 1 aliphatic heterocycles. The highest BCUT2D eigenvalue weighted by Crippen LogP contribution is 2.31. The van der Waals surface area contributed by atoms with Gasteiger partial charge in [0.1, 0.15) is 11.6 Å². The molecule has 0 unspecified atom stereocenters. The summed E-state index contributed by atoms with van der Waals surface area (Å²) in [4.78, 5) is 12.6. The standard InChI is InChI=1S/C16H12BrFO2/c17-12-7-11(8-13(18)9-12)15(19)14-5-1-3-10-4-2-6-20-16(10)14/h1,3,5,7-9H,2,4,6H2. The van der Waals surface area contributed by atoms with Gasteiger partial charge in [0.25, 0.3) is 0 Å². The summed E-state index contributed by atoms with van der Waals surface area (Å²) in [5.74, 6) is -0.0125. The Kier molecular flexibility index (Phi) is 3.57. The molecule has 0 amide bonds. The maximum absolute atomic E-state index is 13.4. The first-order chi connectivity index (χ1) is 9.65. The first kappa shape index (κ1) is 13.3. The minimum atomic E-state index is -0.437. The maximum atomic E-state index is 13.4. The van der Waals surface area contributed by atoms with E-state index in [1.54, 1.807) is 12.1 Å². The van der Waals surface area contributed by atoms with Gasteiger partial charge in [0, 0.05) is 10.0 Å². The average molecular weight is 335 g/mol. The summed E-state index contributed by atoms with van der Waals surface area (Å²) >= 11 is 3.21. The van der Waals surface area contributed by atoms with Crippen LogP contribution in [0, 0.1) is 5.82 Å². The van der Waals surface area contributed by atoms with Gasteiger partial charge in [0.05, 0.1) is 12.2 Å². The molecule has 2 aromatic rings. The van der Waals surface area contributed by atoms with Crippen LogP contribution in [-0.4, -0.2) is 12.4 Å². The number of benzene rings is 2.